The van der Waals surface area contributed by atoms with E-state index in [0.29, 0.717) is 0 Å². The number of nitrogens with zero attached hydrogens (tertiary/aromatic N) is 1. The van der Waals surface area contributed by atoms with Crippen molar-refractivity contribution in [3.05, 3.63) is 0 Å². The lowest BCUT2D eigenvalue weighted by Gasteiger charge is -2.16. The Bertz CT molecular complexity index is 329. The molecule has 1 aliphatic rings. The smallest absolute Gasteiger partial charge is 0.323 e. The van der Waals surface area contributed by atoms with Crippen LogP contribution in [0.15, 0.2) is 0 Å². The lowest BCUT2D eigenvalue weighted by Crippen LogP contribution is -2.38. The largest absolute Gasteiger partial charge is 0.480 e. The Balaban J connectivity index is 2.50. The van der Waals surface area contributed by atoms with E-state index < -0.39 is 11.9 Å². The predicted octanol–water partition coefficient (Wildman–Crippen LogP) is -0.166. The van der Waals surface area contributed by atoms with Crippen LogP contribution in [-0.2, 0) is 14.4 Å². The molecule has 6 heteroatoms. The molecule has 0 aromatic heterocycles. The van der Waals surface area contributed by atoms with E-state index in [9.17, 15) is 14.4 Å². The van der Waals surface area contributed by atoms with E-state index >= 15 is 0 Å². The first-order valence-electron chi connectivity index (χ1n) is 5.74. The molecule has 1 heterocycles. The minimum atomic E-state index is -1.05. The van der Waals surface area contributed by atoms with Crippen LogP contribution < -0.4 is 5.32 Å². The molecule has 1 rings (SSSR count). The van der Waals surface area contributed by atoms with E-state index in [2.05, 4.69) is 5.32 Å². The third-order valence-electron chi connectivity index (χ3n) is 2.91. The number of carbonyl (C=O) groups excluding carboxylic acids is 2. The summed E-state index contributed by atoms with van der Waals surface area (Å²) in [5.41, 5.74) is 0. The van der Waals surface area contributed by atoms with Gasteiger partial charge in [0.1, 0.15) is 6.54 Å². The molecule has 2 amide bonds. The monoisotopic (exact) mass is 242 g/mol. The molecule has 0 aliphatic carbocycles. The first-order valence-corrected chi connectivity index (χ1v) is 5.74. The van der Waals surface area contributed by atoms with E-state index in [1.807, 2.05) is 13.8 Å². The quantitative estimate of drug-likeness (QED) is 0.701. The molecule has 96 valence electrons. The number of likely N-dealkylation sites (tertiary alicyclic amines) is 1. The second-order valence-electron chi connectivity index (χ2n) is 4.39. The number of hydrogen-bond donors (Lipinski definition) is 2. The number of amides is 2. The van der Waals surface area contributed by atoms with Gasteiger partial charge in [-0.2, -0.15) is 0 Å². The third-order valence-corrected chi connectivity index (χ3v) is 2.91. The summed E-state index contributed by atoms with van der Waals surface area (Å²) in [6.45, 7) is 3.73. The lowest BCUT2D eigenvalue weighted by atomic mass is 10.1. The molecule has 0 spiro atoms. The summed E-state index contributed by atoms with van der Waals surface area (Å²) in [6.07, 6.45) is 0.931. The summed E-state index contributed by atoms with van der Waals surface area (Å²) in [4.78, 5) is 34.9. The van der Waals surface area contributed by atoms with Crippen LogP contribution in [0.2, 0.25) is 0 Å². The molecule has 0 aromatic rings. The Morgan fingerprint density at radius 1 is 1.59 bits per heavy atom. The van der Waals surface area contributed by atoms with E-state index in [-0.39, 0.29) is 37.4 Å². The summed E-state index contributed by atoms with van der Waals surface area (Å²) < 4.78 is 0. The highest BCUT2D eigenvalue weighted by Gasteiger charge is 2.35. The molecule has 0 radical (unpaired) electrons. The summed E-state index contributed by atoms with van der Waals surface area (Å²) >= 11 is 0. The Hall–Kier alpha value is -1.59. The second-order valence-corrected chi connectivity index (χ2v) is 4.39. The van der Waals surface area contributed by atoms with Crippen LogP contribution in [0.3, 0.4) is 0 Å². The lowest BCUT2D eigenvalue weighted by molar-refractivity contribution is -0.142. The molecule has 0 saturated carbocycles. The Labute approximate surface area is 100.0 Å². The first kappa shape index (κ1) is 13.5. The molecule has 0 aromatic carbocycles. The van der Waals surface area contributed by atoms with Gasteiger partial charge in [-0.15, -0.1) is 0 Å². The van der Waals surface area contributed by atoms with Gasteiger partial charge >= 0.3 is 5.97 Å². The molecule has 0 bridgehead atoms. The van der Waals surface area contributed by atoms with Gasteiger partial charge in [-0.05, 0) is 13.3 Å². The molecular formula is C11H18N2O4. The van der Waals surface area contributed by atoms with Gasteiger partial charge in [-0.1, -0.05) is 6.92 Å². The van der Waals surface area contributed by atoms with Crippen molar-refractivity contribution in [2.45, 2.75) is 32.7 Å². The van der Waals surface area contributed by atoms with Crippen molar-refractivity contribution in [3.8, 4) is 0 Å². The fraction of sp³-hybridized carbons (Fsp3) is 0.727. The van der Waals surface area contributed by atoms with Crippen molar-refractivity contribution in [2.24, 2.45) is 5.92 Å². The number of hydrogen-bond acceptors (Lipinski definition) is 3. The molecule has 17 heavy (non-hydrogen) atoms. The minimum Gasteiger partial charge on any atom is -0.480 e. The highest BCUT2D eigenvalue weighted by atomic mass is 16.4. The average Bonchev–Trinajstić information content (AvgIpc) is 2.59. The Kier molecular flexibility index (Phi) is 4.48. The number of nitrogens with one attached hydrogen (secondary N) is 1. The summed E-state index contributed by atoms with van der Waals surface area (Å²) in [5, 5.41) is 11.4. The van der Waals surface area contributed by atoms with Crippen molar-refractivity contribution in [3.63, 3.8) is 0 Å². The fourth-order valence-corrected chi connectivity index (χ4v) is 1.73. The maximum atomic E-state index is 11.8. The topological polar surface area (TPSA) is 86.7 Å². The van der Waals surface area contributed by atoms with Crippen LogP contribution in [-0.4, -0.2) is 46.9 Å². The SMILES string of the molecule is CCC(C)NC(=O)C1CC(=O)N(CC(=O)O)C1. The van der Waals surface area contributed by atoms with E-state index in [0.717, 1.165) is 6.42 Å². The number of carboxylic acids is 1. The van der Waals surface area contributed by atoms with Gasteiger partial charge in [0.25, 0.3) is 0 Å². The van der Waals surface area contributed by atoms with E-state index in [1.54, 1.807) is 0 Å². The van der Waals surface area contributed by atoms with Crippen molar-refractivity contribution in [1.29, 1.82) is 0 Å². The summed E-state index contributed by atoms with van der Waals surface area (Å²) in [7, 11) is 0. The van der Waals surface area contributed by atoms with Crippen LogP contribution in [0.4, 0.5) is 0 Å². The van der Waals surface area contributed by atoms with Gasteiger partial charge in [0.15, 0.2) is 0 Å². The maximum Gasteiger partial charge on any atom is 0.323 e. The Morgan fingerprint density at radius 2 is 2.24 bits per heavy atom. The van der Waals surface area contributed by atoms with Crippen LogP contribution in [0, 0.1) is 5.92 Å². The van der Waals surface area contributed by atoms with Gasteiger partial charge in [0, 0.05) is 19.0 Å². The molecule has 1 fully saturated rings. The van der Waals surface area contributed by atoms with Crippen molar-refractivity contribution >= 4 is 17.8 Å². The van der Waals surface area contributed by atoms with Crippen LogP contribution in [0.25, 0.3) is 0 Å². The van der Waals surface area contributed by atoms with Crippen molar-refractivity contribution in [1.82, 2.24) is 10.2 Å². The van der Waals surface area contributed by atoms with Crippen LogP contribution >= 0.6 is 0 Å². The van der Waals surface area contributed by atoms with Gasteiger partial charge < -0.3 is 15.3 Å². The maximum absolute atomic E-state index is 11.8. The average molecular weight is 242 g/mol. The van der Waals surface area contributed by atoms with Crippen molar-refractivity contribution in [2.75, 3.05) is 13.1 Å². The van der Waals surface area contributed by atoms with E-state index in [1.165, 1.54) is 4.90 Å². The number of carbonyl (C=O) groups is 3. The van der Waals surface area contributed by atoms with Gasteiger partial charge in [-0.3, -0.25) is 14.4 Å². The molecular weight excluding hydrogens is 224 g/mol. The molecule has 2 N–H and O–H groups in total. The zero-order chi connectivity index (χ0) is 13.0. The Morgan fingerprint density at radius 3 is 2.76 bits per heavy atom. The normalized spacial score (nSPS) is 21.4. The highest BCUT2D eigenvalue weighted by Crippen LogP contribution is 2.17. The molecule has 6 nitrogen and oxygen atoms in total. The predicted molar refractivity (Wildman–Crippen MR) is 60.2 cm³/mol. The van der Waals surface area contributed by atoms with E-state index in [4.69, 9.17) is 5.11 Å². The van der Waals surface area contributed by atoms with Crippen LogP contribution in [0.1, 0.15) is 26.7 Å². The molecule has 1 saturated heterocycles. The zero-order valence-electron chi connectivity index (χ0n) is 10.1. The molecule has 1 aliphatic heterocycles. The number of rotatable bonds is 5. The third kappa shape index (κ3) is 3.72. The van der Waals surface area contributed by atoms with Gasteiger partial charge in [0.05, 0.1) is 5.92 Å². The molecule has 2 atom stereocenters. The standard InChI is InChI=1S/C11H18N2O4/c1-3-7(2)12-11(17)8-4-9(14)13(5-8)6-10(15)16/h7-8H,3-6H2,1-2H3,(H,12,17)(H,15,16). The zero-order valence-corrected chi connectivity index (χ0v) is 10.1. The fourth-order valence-electron chi connectivity index (χ4n) is 1.73. The minimum absolute atomic E-state index is 0.0751. The summed E-state index contributed by atoms with van der Waals surface area (Å²) in [5.74, 6) is -1.91. The highest BCUT2D eigenvalue weighted by molar-refractivity contribution is 5.90. The van der Waals surface area contributed by atoms with Crippen molar-refractivity contribution < 1.29 is 19.5 Å². The number of carboxylic acid groups (broad SMARTS) is 1. The number of aliphatic carboxylic acids is 1. The first-order chi connectivity index (χ1) is 7.93. The van der Waals surface area contributed by atoms with Gasteiger partial charge in [0.2, 0.25) is 11.8 Å². The van der Waals surface area contributed by atoms with Gasteiger partial charge in [-0.25, -0.2) is 0 Å². The second kappa shape index (κ2) is 5.65. The summed E-state index contributed by atoms with van der Waals surface area (Å²) in [6, 6.07) is 0.0751. The molecule has 2 unspecified atom stereocenters. The van der Waals surface area contributed by atoms with Crippen LogP contribution in [0.5, 0.6) is 0 Å².